The molecule has 3 heteroatoms. The molecule has 1 fully saturated rings. The smallest absolute Gasteiger partial charge is 0.257 e. The Morgan fingerprint density at radius 1 is 1.32 bits per heavy atom. The normalized spacial score (nSPS) is 20.3. The molecule has 0 bridgehead atoms. The molecule has 1 heterocycles. The van der Waals surface area contributed by atoms with Crippen molar-refractivity contribution in [3.8, 4) is 11.8 Å². The summed E-state index contributed by atoms with van der Waals surface area (Å²) in [6.07, 6.45) is 3.80. The minimum Gasteiger partial charge on any atom is -0.345 e. The zero-order valence-electron chi connectivity index (χ0n) is 11.2. The first kappa shape index (κ1) is 13.6. The molecule has 1 aliphatic heterocycles. The molecule has 19 heavy (non-hydrogen) atoms. The number of rotatable bonds is 5. The number of epoxide rings is 1. The van der Waals surface area contributed by atoms with E-state index in [1.807, 2.05) is 30.3 Å². The Labute approximate surface area is 114 Å². The molecule has 100 valence electrons. The monoisotopic (exact) mass is 257 g/mol. The second kappa shape index (κ2) is 6.96. The van der Waals surface area contributed by atoms with Crippen molar-refractivity contribution in [1.82, 2.24) is 0 Å². The highest BCUT2D eigenvalue weighted by atomic mass is 16.6. The Hall–Kier alpha value is -1.79. The number of nitrogens with one attached hydrogen (secondary N) is 1. The van der Waals surface area contributed by atoms with Gasteiger partial charge in [0, 0.05) is 12.1 Å². The maximum atomic E-state index is 11.8. The molecule has 0 aromatic heterocycles. The van der Waals surface area contributed by atoms with Crippen molar-refractivity contribution in [2.24, 2.45) is 0 Å². The summed E-state index contributed by atoms with van der Waals surface area (Å²) in [5.74, 6) is 5.96. The predicted octanol–water partition coefficient (Wildman–Crippen LogP) is 2.98. The molecule has 0 saturated carbocycles. The van der Waals surface area contributed by atoms with Gasteiger partial charge in [-0.05, 0) is 18.6 Å². The van der Waals surface area contributed by atoms with E-state index < -0.39 is 6.10 Å². The van der Waals surface area contributed by atoms with E-state index in [4.69, 9.17) is 4.74 Å². The van der Waals surface area contributed by atoms with Crippen LogP contribution in [0.1, 0.15) is 32.6 Å². The molecule has 0 spiro atoms. The lowest BCUT2D eigenvalue weighted by Gasteiger charge is -2.01. The fraction of sp³-hybridized carbons (Fsp3) is 0.438. The van der Waals surface area contributed by atoms with Gasteiger partial charge in [-0.25, -0.2) is 0 Å². The van der Waals surface area contributed by atoms with Crippen molar-refractivity contribution in [2.45, 2.75) is 44.8 Å². The SMILES string of the molecule is CCCCCC#C[C@@H]1O[C@@H]1C(=O)Nc1ccccc1. The lowest BCUT2D eigenvalue weighted by atomic mass is 10.2. The second-order valence-electron chi connectivity index (χ2n) is 4.61. The highest BCUT2D eigenvalue weighted by Gasteiger charge is 2.44. The van der Waals surface area contributed by atoms with Crippen LogP contribution in [-0.4, -0.2) is 18.1 Å². The average Bonchev–Trinajstić information content (AvgIpc) is 3.19. The topological polar surface area (TPSA) is 41.6 Å². The standard InChI is InChI=1S/C16H19NO2/c1-2-3-4-5-9-12-14-15(19-14)16(18)17-13-10-7-6-8-11-13/h6-8,10-11,14-15H,2-5H2,1H3,(H,17,18)/t14-,15-/m0/s1. The third kappa shape index (κ3) is 4.42. The van der Waals surface area contributed by atoms with Gasteiger partial charge in [0.05, 0.1) is 0 Å². The Morgan fingerprint density at radius 2 is 2.11 bits per heavy atom. The number of carbonyl (C=O) groups excluding carboxylic acids is 1. The lowest BCUT2D eigenvalue weighted by molar-refractivity contribution is -0.117. The number of anilines is 1. The van der Waals surface area contributed by atoms with Crippen molar-refractivity contribution >= 4 is 11.6 Å². The Bertz CT molecular complexity index is 473. The van der Waals surface area contributed by atoms with Gasteiger partial charge in [0.1, 0.15) is 0 Å². The number of amides is 1. The first-order chi connectivity index (χ1) is 9.31. The van der Waals surface area contributed by atoms with Gasteiger partial charge in [-0.3, -0.25) is 4.79 Å². The summed E-state index contributed by atoms with van der Waals surface area (Å²) < 4.78 is 5.27. The van der Waals surface area contributed by atoms with E-state index in [0.717, 1.165) is 18.5 Å². The van der Waals surface area contributed by atoms with Gasteiger partial charge in [-0.2, -0.15) is 0 Å². The van der Waals surface area contributed by atoms with Gasteiger partial charge in [0.15, 0.2) is 12.2 Å². The fourth-order valence-electron chi connectivity index (χ4n) is 1.79. The summed E-state index contributed by atoms with van der Waals surface area (Å²) in [6, 6.07) is 9.38. The van der Waals surface area contributed by atoms with Crippen LogP contribution in [-0.2, 0) is 9.53 Å². The van der Waals surface area contributed by atoms with E-state index >= 15 is 0 Å². The number of hydrogen-bond acceptors (Lipinski definition) is 2. The van der Waals surface area contributed by atoms with Crippen LogP contribution in [0.5, 0.6) is 0 Å². The largest absolute Gasteiger partial charge is 0.345 e. The number of para-hydroxylation sites is 1. The van der Waals surface area contributed by atoms with Gasteiger partial charge in [-0.15, -0.1) is 5.92 Å². The van der Waals surface area contributed by atoms with E-state index in [1.54, 1.807) is 0 Å². The summed E-state index contributed by atoms with van der Waals surface area (Å²) in [4.78, 5) is 11.8. The molecular weight excluding hydrogens is 238 g/mol. The highest BCUT2D eigenvalue weighted by molar-refractivity contribution is 5.96. The minimum atomic E-state index is -0.404. The van der Waals surface area contributed by atoms with Crippen LogP contribution in [0, 0.1) is 11.8 Å². The number of benzene rings is 1. The predicted molar refractivity (Wildman–Crippen MR) is 75.7 cm³/mol. The summed E-state index contributed by atoms with van der Waals surface area (Å²) in [7, 11) is 0. The Kier molecular flexibility index (Phi) is 5.00. The van der Waals surface area contributed by atoms with Crippen LogP contribution >= 0.6 is 0 Å². The van der Waals surface area contributed by atoms with E-state index in [9.17, 15) is 4.79 Å². The number of hydrogen-bond donors (Lipinski definition) is 1. The number of carbonyl (C=O) groups is 1. The highest BCUT2D eigenvalue weighted by Crippen LogP contribution is 2.23. The maximum absolute atomic E-state index is 11.8. The van der Waals surface area contributed by atoms with Crippen LogP contribution in [0.4, 0.5) is 5.69 Å². The van der Waals surface area contributed by atoms with Crippen LogP contribution in [0.15, 0.2) is 30.3 Å². The zero-order valence-corrected chi connectivity index (χ0v) is 11.2. The molecule has 0 unspecified atom stereocenters. The van der Waals surface area contributed by atoms with Crippen molar-refractivity contribution < 1.29 is 9.53 Å². The molecule has 1 aliphatic rings. The van der Waals surface area contributed by atoms with Gasteiger partial charge >= 0.3 is 0 Å². The molecule has 1 saturated heterocycles. The van der Waals surface area contributed by atoms with Crippen molar-refractivity contribution in [2.75, 3.05) is 5.32 Å². The quantitative estimate of drug-likeness (QED) is 0.500. The van der Waals surface area contributed by atoms with Gasteiger partial charge in [0.2, 0.25) is 0 Å². The molecule has 0 aliphatic carbocycles. The number of unbranched alkanes of at least 4 members (excludes halogenated alkanes) is 3. The summed E-state index contributed by atoms with van der Waals surface area (Å²) in [5, 5.41) is 2.81. The fourth-order valence-corrected chi connectivity index (χ4v) is 1.79. The minimum absolute atomic E-state index is 0.112. The van der Waals surface area contributed by atoms with E-state index in [-0.39, 0.29) is 12.0 Å². The average molecular weight is 257 g/mol. The Balaban J connectivity index is 1.72. The molecular formula is C16H19NO2. The molecule has 1 aromatic carbocycles. The molecule has 2 atom stereocenters. The third-order valence-corrected chi connectivity index (χ3v) is 2.94. The maximum Gasteiger partial charge on any atom is 0.257 e. The van der Waals surface area contributed by atoms with Crippen molar-refractivity contribution in [1.29, 1.82) is 0 Å². The van der Waals surface area contributed by atoms with E-state index in [2.05, 4.69) is 24.1 Å². The summed E-state index contributed by atoms with van der Waals surface area (Å²) in [5.41, 5.74) is 0.789. The second-order valence-corrected chi connectivity index (χ2v) is 4.61. The van der Waals surface area contributed by atoms with Crippen molar-refractivity contribution in [3.63, 3.8) is 0 Å². The molecule has 1 N–H and O–H groups in total. The van der Waals surface area contributed by atoms with Gasteiger partial charge in [-0.1, -0.05) is 43.9 Å². The summed E-state index contributed by atoms with van der Waals surface area (Å²) in [6.45, 7) is 2.17. The van der Waals surface area contributed by atoms with Crippen LogP contribution < -0.4 is 5.32 Å². The first-order valence-corrected chi connectivity index (χ1v) is 6.81. The Morgan fingerprint density at radius 3 is 2.84 bits per heavy atom. The first-order valence-electron chi connectivity index (χ1n) is 6.81. The van der Waals surface area contributed by atoms with Crippen LogP contribution in [0.2, 0.25) is 0 Å². The molecule has 0 radical (unpaired) electrons. The van der Waals surface area contributed by atoms with Crippen LogP contribution in [0.3, 0.4) is 0 Å². The summed E-state index contributed by atoms with van der Waals surface area (Å²) >= 11 is 0. The molecule has 3 nitrogen and oxygen atoms in total. The van der Waals surface area contributed by atoms with E-state index in [1.165, 1.54) is 12.8 Å². The van der Waals surface area contributed by atoms with Crippen molar-refractivity contribution in [3.05, 3.63) is 30.3 Å². The zero-order chi connectivity index (χ0) is 13.5. The molecule has 2 rings (SSSR count). The van der Waals surface area contributed by atoms with Gasteiger partial charge < -0.3 is 10.1 Å². The van der Waals surface area contributed by atoms with Gasteiger partial charge in [0.25, 0.3) is 5.91 Å². The molecule has 1 aromatic rings. The van der Waals surface area contributed by atoms with E-state index in [0.29, 0.717) is 0 Å². The lowest BCUT2D eigenvalue weighted by Crippen LogP contribution is -2.19. The third-order valence-electron chi connectivity index (χ3n) is 2.94. The molecule has 1 amide bonds. The number of ether oxygens (including phenoxy) is 1. The van der Waals surface area contributed by atoms with Crippen LogP contribution in [0.25, 0.3) is 0 Å².